The lowest BCUT2D eigenvalue weighted by atomic mass is 9.96. The number of hydrogen-bond donors (Lipinski definition) is 1. The average Bonchev–Trinajstić information content (AvgIpc) is 3.40. The fraction of sp³-hybridized carbons (Fsp3) is 0.500. The van der Waals surface area contributed by atoms with Crippen molar-refractivity contribution < 1.29 is 27.8 Å². The Morgan fingerprint density at radius 1 is 1.18 bits per heavy atom. The number of ether oxygens (including phenoxy) is 1. The van der Waals surface area contributed by atoms with Gasteiger partial charge in [-0.3, -0.25) is 14.7 Å². The van der Waals surface area contributed by atoms with Gasteiger partial charge in [0.1, 0.15) is 18.1 Å². The maximum absolute atomic E-state index is 12.9. The number of amides is 1. The van der Waals surface area contributed by atoms with Crippen LogP contribution in [0.3, 0.4) is 0 Å². The predicted molar refractivity (Wildman–Crippen MR) is 116 cm³/mol. The normalized spacial score (nSPS) is 21.5. The molecule has 9 heteroatoms. The molecule has 1 aromatic heterocycles. The molecule has 4 rings (SSSR count). The molecular weight excluding hydrogens is 435 g/mol. The van der Waals surface area contributed by atoms with Crippen molar-refractivity contribution in [3.05, 3.63) is 58.4 Å². The van der Waals surface area contributed by atoms with Gasteiger partial charge in [0.25, 0.3) is 5.91 Å². The number of nitrogens with zero attached hydrogens (tertiary/aromatic N) is 3. The zero-order chi connectivity index (χ0) is 23.9. The number of pyridine rings is 1. The number of piperazine rings is 1. The molecule has 2 saturated heterocycles. The average molecular weight is 464 g/mol. The monoisotopic (exact) mass is 463 g/mol. The minimum atomic E-state index is -4.47. The zero-order valence-electron chi connectivity index (χ0n) is 18.9. The molecule has 3 heterocycles. The van der Waals surface area contributed by atoms with E-state index in [1.807, 2.05) is 13.0 Å². The van der Waals surface area contributed by atoms with Crippen LogP contribution in [0.2, 0.25) is 0 Å². The van der Waals surface area contributed by atoms with Crippen LogP contribution in [0.25, 0.3) is 0 Å². The number of carbonyl (C=O) groups is 1. The molecule has 0 unspecified atom stereocenters. The Labute approximate surface area is 191 Å². The second-order valence-corrected chi connectivity index (χ2v) is 8.78. The Bertz CT molecular complexity index is 1030. The van der Waals surface area contributed by atoms with Gasteiger partial charge in [-0.2, -0.15) is 13.2 Å². The summed E-state index contributed by atoms with van der Waals surface area (Å²) in [6, 6.07) is 6.40. The highest BCUT2D eigenvalue weighted by molar-refractivity contribution is 5.93. The lowest BCUT2D eigenvalue weighted by Crippen LogP contribution is -2.49. The summed E-state index contributed by atoms with van der Waals surface area (Å²) in [4.78, 5) is 20.8. The molecule has 2 aliphatic heterocycles. The van der Waals surface area contributed by atoms with Crippen LogP contribution in [0.5, 0.6) is 5.75 Å². The first kappa shape index (κ1) is 23.5. The van der Waals surface area contributed by atoms with Crippen molar-refractivity contribution >= 4 is 5.91 Å². The van der Waals surface area contributed by atoms with Crippen LogP contribution in [-0.4, -0.2) is 64.2 Å². The van der Waals surface area contributed by atoms with Crippen LogP contribution in [0.1, 0.15) is 52.1 Å². The Kier molecular flexibility index (Phi) is 6.37. The van der Waals surface area contributed by atoms with E-state index in [9.17, 15) is 18.0 Å². The summed E-state index contributed by atoms with van der Waals surface area (Å²) < 4.78 is 43.9. The van der Waals surface area contributed by atoms with Crippen LogP contribution >= 0.6 is 0 Å². The van der Waals surface area contributed by atoms with E-state index in [-0.39, 0.29) is 42.9 Å². The number of halogens is 3. The quantitative estimate of drug-likeness (QED) is 0.707. The molecule has 3 atom stereocenters. The molecule has 0 saturated carbocycles. The van der Waals surface area contributed by atoms with Gasteiger partial charge < -0.3 is 14.7 Å². The second-order valence-electron chi connectivity index (χ2n) is 8.78. The highest BCUT2D eigenvalue weighted by Crippen LogP contribution is 2.39. The highest BCUT2D eigenvalue weighted by Gasteiger charge is 2.47. The number of fused-ring (bicyclic) bond motifs is 2. The maximum Gasteiger partial charge on any atom is 0.417 e. The van der Waals surface area contributed by atoms with Crippen molar-refractivity contribution in [1.29, 1.82) is 0 Å². The first-order valence-electron chi connectivity index (χ1n) is 11.1. The van der Waals surface area contributed by atoms with Gasteiger partial charge in [0.15, 0.2) is 0 Å². The van der Waals surface area contributed by atoms with Crippen LogP contribution in [-0.2, 0) is 6.18 Å². The lowest BCUT2D eigenvalue weighted by Gasteiger charge is -2.38. The van der Waals surface area contributed by atoms with E-state index in [1.165, 1.54) is 5.56 Å². The topological polar surface area (TPSA) is 65.9 Å². The standard InChI is InChI=1S/C24H28F3N3O3/c1-14-15(2)22(33-9-8-31)7-5-20(14)16(3)29-12-19-10-18(29)13-30(19)23(32)21-6-4-17(11-28-21)24(25,26)27/h4-7,11,16,18-19,31H,8-10,12-13H2,1-3H3/t16-,18+,19+/m0/s1. The summed E-state index contributed by atoms with van der Waals surface area (Å²) in [5.74, 6) is 0.446. The molecule has 1 N–H and O–H groups in total. The number of benzene rings is 1. The molecule has 1 aromatic carbocycles. The van der Waals surface area contributed by atoms with Crippen molar-refractivity contribution in [2.24, 2.45) is 0 Å². The molecule has 6 nitrogen and oxygen atoms in total. The van der Waals surface area contributed by atoms with Crippen LogP contribution in [0.15, 0.2) is 30.5 Å². The summed E-state index contributed by atoms with van der Waals surface area (Å²) in [6.45, 7) is 7.68. The Balaban J connectivity index is 1.44. The van der Waals surface area contributed by atoms with Crippen molar-refractivity contribution in [3.8, 4) is 5.75 Å². The number of alkyl halides is 3. The molecule has 2 aromatic rings. The summed E-state index contributed by atoms with van der Waals surface area (Å²) in [5.41, 5.74) is 2.56. The fourth-order valence-corrected chi connectivity index (χ4v) is 5.02. The smallest absolute Gasteiger partial charge is 0.417 e. The summed E-state index contributed by atoms with van der Waals surface area (Å²) >= 11 is 0. The fourth-order valence-electron chi connectivity index (χ4n) is 5.02. The summed E-state index contributed by atoms with van der Waals surface area (Å²) in [6.07, 6.45) is -2.92. The van der Waals surface area contributed by atoms with E-state index in [1.54, 1.807) is 4.90 Å². The molecule has 2 fully saturated rings. The van der Waals surface area contributed by atoms with Crippen LogP contribution < -0.4 is 4.74 Å². The van der Waals surface area contributed by atoms with Crippen LogP contribution in [0, 0.1) is 13.8 Å². The van der Waals surface area contributed by atoms with Crippen molar-refractivity contribution in [1.82, 2.24) is 14.8 Å². The van der Waals surface area contributed by atoms with E-state index < -0.39 is 11.7 Å². The van der Waals surface area contributed by atoms with Gasteiger partial charge in [-0.05, 0) is 62.1 Å². The largest absolute Gasteiger partial charge is 0.491 e. The molecule has 1 amide bonds. The van der Waals surface area contributed by atoms with E-state index in [0.717, 1.165) is 41.6 Å². The van der Waals surface area contributed by atoms with Gasteiger partial charge in [0.2, 0.25) is 0 Å². The number of likely N-dealkylation sites (tertiary alicyclic amines) is 2. The number of hydrogen-bond acceptors (Lipinski definition) is 5. The van der Waals surface area contributed by atoms with Crippen LogP contribution in [0.4, 0.5) is 13.2 Å². The number of aliphatic hydroxyl groups excluding tert-OH is 1. The van der Waals surface area contributed by atoms with E-state index in [0.29, 0.717) is 13.1 Å². The van der Waals surface area contributed by atoms with E-state index in [2.05, 4.69) is 29.8 Å². The minimum absolute atomic E-state index is 0.0163. The molecule has 0 aliphatic carbocycles. The zero-order valence-corrected chi connectivity index (χ0v) is 18.9. The predicted octanol–water partition coefficient (Wildman–Crippen LogP) is 3.75. The minimum Gasteiger partial charge on any atom is -0.491 e. The lowest BCUT2D eigenvalue weighted by molar-refractivity contribution is -0.137. The van der Waals surface area contributed by atoms with Gasteiger partial charge in [-0.15, -0.1) is 0 Å². The molecule has 2 aliphatic rings. The molecule has 33 heavy (non-hydrogen) atoms. The van der Waals surface area contributed by atoms with Gasteiger partial charge >= 0.3 is 6.18 Å². The second kappa shape index (κ2) is 8.95. The van der Waals surface area contributed by atoms with Crippen molar-refractivity contribution in [3.63, 3.8) is 0 Å². The number of aliphatic hydroxyl groups is 1. The SMILES string of the molecule is Cc1c(OCCO)ccc([C@H](C)N2C[C@H]3C[C@@H]2CN3C(=O)c2ccc(C(F)(F)F)cn2)c1C. The summed E-state index contributed by atoms with van der Waals surface area (Å²) in [7, 11) is 0. The third-order valence-corrected chi connectivity index (χ3v) is 6.93. The molecule has 2 bridgehead atoms. The van der Waals surface area contributed by atoms with E-state index in [4.69, 9.17) is 9.84 Å². The van der Waals surface area contributed by atoms with Crippen molar-refractivity contribution in [2.75, 3.05) is 26.3 Å². The van der Waals surface area contributed by atoms with Gasteiger partial charge in [-0.1, -0.05) is 6.07 Å². The van der Waals surface area contributed by atoms with Gasteiger partial charge in [-0.25, -0.2) is 0 Å². The summed E-state index contributed by atoms with van der Waals surface area (Å²) in [5, 5.41) is 9.00. The number of aromatic nitrogens is 1. The first-order chi connectivity index (χ1) is 15.6. The third kappa shape index (κ3) is 4.44. The van der Waals surface area contributed by atoms with E-state index >= 15 is 0 Å². The number of carbonyl (C=O) groups excluding carboxylic acids is 1. The van der Waals surface area contributed by atoms with Gasteiger partial charge in [0, 0.05) is 37.4 Å². The van der Waals surface area contributed by atoms with Gasteiger partial charge in [0.05, 0.1) is 12.2 Å². The Hall–Kier alpha value is -2.65. The molecular formula is C24H28F3N3O3. The highest BCUT2D eigenvalue weighted by atomic mass is 19.4. The Morgan fingerprint density at radius 3 is 2.52 bits per heavy atom. The number of rotatable bonds is 6. The molecule has 178 valence electrons. The first-order valence-corrected chi connectivity index (χ1v) is 11.1. The maximum atomic E-state index is 12.9. The van der Waals surface area contributed by atoms with Crippen molar-refractivity contribution in [2.45, 2.75) is 51.5 Å². The Morgan fingerprint density at radius 2 is 1.94 bits per heavy atom. The molecule has 0 spiro atoms. The molecule has 0 radical (unpaired) electrons. The third-order valence-electron chi connectivity index (χ3n) is 6.93.